The highest BCUT2D eigenvalue weighted by molar-refractivity contribution is 7.98. The first-order chi connectivity index (χ1) is 9.50. The van der Waals surface area contributed by atoms with Crippen LogP contribution in [0.2, 0.25) is 0 Å². The molecular formula is C15H26N2O2S. The molecule has 0 aromatic carbocycles. The van der Waals surface area contributed by atoms with Gasteiger partial charge in [-0.25, -0.2) is 0 Å². The topological polar surface area (TPSA) is 49.4 Å². The molecule has 1 aliphatic heterocycles. The minimum atomic E-state index is -0.677. The Balaban J connectivity index is 2.24. The van der Waals surface area contributed by atoms with Crippen molar-refractivity contribution in [3.05, 3.63) is 0 Å². The molecule has 1 aliphatic carbocycles. The molecule has 1 atom stereocenters. The van der Waals surface area contributed by atoms with Crippen molar-refractivity contribution in [1.82, 2.24) is 10.2 Å². The fourth-order valence-electron chi connectivity index (χ4n) is 3.39. The Morgan fingerprint density at radius 2 is 1.95 bits per heavy atom. The van der Waals surface area contributed by atoms with Crippen molar-refractivity contribution in [1.29, 1.82) is 0 Å². The molecule has 1 N–H and O–H groups in total. The van der Waals surface area contributed by atoms with Crippen molar-refractivity contribution in [3.8, 4) is 0 Å². The lowest BCUT2D eigenvalue weighted by molar-refractivity contribution is -0.162. The fraction of sp³-hybridized carbons (Fsp3) is 0.867. The number of thioether (sulfide) groups is 1. The van der Waals surface area contributed by atoms with E-state index in [-0.39, 0.29) is 11.8 Å². The molecule has 2 rings (SSSR count). The van der Waals surface area contributed by atoms with Gasteiger partial charge in [0.1, 0.15) is 11.1 Å². The van der Waals surface area contributed by atoms with Gasteiger partial charge in [-0.05, 0) is 44.6 Å². The van der Waals surface area contributed by atoms with E-state index in [1.54, 1.807) is 11.8 Å². The van der Waals surface area contributed by atoms with E-state index in [0.29, 0.717) is 13.0 Å². The predicted molar refractivity (Wildman–Crippen MR) is 82.7 cm³/mol. The van der Waals surface area contributed by atoms with Gasteiger partial charge in [0.25, 0.3) is 0 Å². The summed E-state index contributed by atoms with van der Waals surface area (Å²) in [6, 6.07) is 0. The van der Waals surface area contributed by atoms with Gasteiger partial charge in [-0.2, -0.15) is 11.8 Å². The molecule has 0 radical (unpaired) electrons. The second-order valence-electron chi connectivity index (χ2n) is 6.17. The Kier molecular flexibility index (Phi) is 4.67. The van der Waals surface area contributed by atoms with E-state index in [1.807, 2.05) is 18.7 Å². The summed E-state index contributed by atoms with van der Waals surface area (Å²) in [7, 11) is 0. The van der Waals surface area contributed by atoms with Crippen LogP contribution in [0.5, 0.6) is 0 Å². The predicted octanol–water partition coefficient (Wildman–Crippen LogP) is 2.18. The number of carbonyl (C=O) groups excluding carboxylic acids is 2. The minimum absolute atomic E-state index is 0.0330. The standard InChI is InChI=1S/C15H26N2O2S/c1-4-14(2)12(18)16-15(8-5-6-9-15)13(19)17(14)10-7-11-20-3/h4-11H2,1-3H3,(H,16,18). The third-order valence-corrected chi connectivity index (χ3v) is 5.66. The van der Waals surface area contributed by atoms with Gasteiger partial charge in [0, 0.05) is 6.54 Å². The summed E-state index contributed by atoms with van der Waals surface area (Å²) in [6.07, 6.45) is 7.36. The molecule has 1 saturated heterocycles. The highest BCUT2D eigenvalue weighted by Crippen LogP contribution is 2.38. The number of carbonyl (C=O) groups is 2. The Morgan fingerprint density at radius 3 is 2.50 bits per heavy atom. The van der Waals surface area contributed by atoms with Crippen LogP contribution in [0.25, 0.3) is 0 Å². The summed E-state index contributed by atoms with van der Waals surface area (Å²) in [5, 5.41) is 3.07. The first-order valence-corrected chi connectivity index (χ1v) is 9.03. The summed E-state index contributed by atoms with van der Waals surface area (Å²) in [5.74, 6) is 1.21. The van der Waals surface area contributed by atoms with Crippen LogP contribution in [0, 0.1) is 0 Å². The highest BCUT2D eigenvalue weighted by atomic mass is 32.2. The van der Waals surface area contributed by atoms with Crippen molar-refractivity contribution in [2.24, 2.45) is 0 Å². The van der Waals surface area contributed by atoms with Crippen LogP contribution >= 0.6 is 11.8 Å². The maximum atomic E-state index is 13.0. The molecule has 1 spiro atoms. The van der Waals surface area contributed by atoms with Gasteiger partial charge >= 0.3 is 0 Å². The molecular weight excluding hydrogens is 272 g/mol. The van der Waals surface area contributed by atoms with Crippen LogP contribution in [0.1, 0.15) is 52.4 Å². The number of piperazine rings is 1. The van der Waals surface area contributed by atoms with Crippen molar-refractivity contribution in [2.75, 3.05) is 18.6 Å². The quantitative estimate of drug-likeness (QED) is 0.792. The molecule has 0 aromatic rings. The number of rotatable bonds is 5. The van der Waals surface area contributed by atoms with Crippen molar-refractivity contribution in [2.45, 2.75) is 63.5 Å². The minimum Gasteiger partial charge on any atom is -0.340 e. The lowest BCUT2D eigenvalue weighted by Crippen LogP contribution is -2.74. The van der Waals surface area contributed by atoms with Gasteiger partial charge in [0.2, 0.25) is 11.8 Å². The lowest BCUT2D eigenvalue weighted by Gasteiger charge is -2.50. The lowest BCUT2D eigenvalue weighted by atomic mass is 9.83. The van der Waals surface area contributed by atoms with Crippen LogP contribution in [0.4, 0.5) is 0 Å². The molecule has 20 heavy (non-hydrogen) atoms. The van der Waals surface area contributed by atoms with Crippen LogP contribution in [0.15, 0.2) is 0 Å². The molecule has 1 heterocycles. The van der Waals surface area contributed by atoms with E-state index in [4.69, 9.17) is 0 Å². The Hall–Kier alpha value is -0.710. The molecule has 1 saturated carbocycles. The van der Waals surface area contributed by atoms with Crippen LogP contribution in [-0.4, -0.2) is 46.3 Å². The summed E-state index contributed by atoms with van der Waals surface area (Å²) in [4.78, 5) is 27.4. The zero-order valence-corrected chi connectivity index (χ0v) is 13.6. The van der Waals surface area contributed by atoms with Crippen molar-refractivity contribution < 1.29 is 9.59 Å². The first kappa shape index (κ1) is 15.7. The maximum Gasteiger partial charge on any atom is 0.249 e. The van der Waals surface area contributed by atoms with Gasteiger partial charge in [-0.15, -0.1) is 0 Å². The molecule has 4 nitrogen and oxygen atoms in total. The van der Waals surface area contributed by atoms with E-state index >= 15 is 0 Å². The molecule has 2 fully saturated rings. The third-order valence-electron chi connectivity index (χ3n) is 4.97. The zero-order valence-electron chi connectivity index (χ0n) is 12.8. The number of amides is 2. The van der Waals surface area contributed by atoms with E-state index in [9.17, 15) is 9.59 Å². The molecule has 0 bridgehead atoms. The molecule has 2 amide bonds. The Bertz CT molecular complexity index is 393. The summed E-state index contributed by atoms with van der Waals surface area (Å²) < 4.78 is 0. The SMILES string of the molecule is CCC1(C)C(=O)NC2(CCCC2)C(=O)N1CCCSC. The largest absolute Gasteiger partial charge is 0.340 e. The maximum absolute atomic E-state index is 13.0. The fourth-order valence-corrected chi connectivity index (χ4v) is 3.81. The second kappa shape index (κ2) is 5.96. The smallest absolute Gasteiger partial charge is 0.249 e. The monoisotopic (exact) mass is 298 g/mol. The van der Waals surface area contributed by atoms with E-state index in [1.165, 1.54) is 0 Å². The molecule has 114 valence electrons. The van der Waals surface area contributed by atoms with Gasteiger partial charge in [-0.1, -0.05) is 19.8 Å². The Labute approximate surface area is 126 Å². The summed E-state index contributed by atoms with van der Waals surface area (Å²) >= 11 is 1.79. The number of hydrogen-bond acceptors (Lipinski definition) is 3. The molecule has 0 aromatic heterocycles. The molecule has 5 heteroatoms. The van der Waals surface area contributed by atoms with Gasteiger partial charge in [-0.3, -0.25) is 9.59 Å². The highest BCUT2D eigenvalue weighted by Gasteiger charge is 2.56. The van der Waals surface area contributed by atoms with Crippen molar-refractivity contribution in [3.63, 3.8) is 0 Å². The van der Waals surface area contributed by atoms with Crippen molar-refractivity contribution >= 4 is 23.6 Å². The molecule has 1 unspecified atom stereocenters. The number of nitrogens with zero attached hydrogens (tertiary/aromatic N) is 1. The van der Waals surface area contributed by atoms with Gasteiger partial charge in [0.15, 0.2) is 0 Å². The zero-order chi connectivity index (χ0) is 14.8. The third kappa shape index (κ3) is 2.45. The van der Waals surface area contributed by atoms with Crippen LogP contribution in [0.3, 0.4) is 0 Å². The normalized spacial score (nSPS) is 29.1. The number of hydrogen-bond donors (Lipinski definition) is 1. The van der Waals surface area contributed by atoms with E-state index < -0.39 is 11.1 Å². The summed E-state index contributed by atoms with van der Waals surface area (Å²) in [5.41, 5.74) is -1.27. The first-order valence-electron chi connectivity index (χ1n) is 7.64. The second-order valence-corrected chi connectivity index (χ2v) is 7.16. The average molecular weight is 298 g/mol. The Morgan fingerprint density at radius 1 is 1.30 bits per heavy atom. The average Bonchev–Trinajstić information content (AvgIpc) is 2.90. The van der Waals surface area contributed by atoms with Crippen LogP contribution < -0.4 is 5.32 Å². The van der Waals surface area contributed by atoms with Crippen LogP contribution in [-0.2, 0) is 9.59 Å². The van der Waals surface area contributed by atoms with E-state index in [2.05, 4.69) is 11.6 Å². The van der Waals surface area contributed by atoms with E-state index in [0.717, 1.165) is 37.9 Å². The van der Waals surface area contributed by atoms with Gasteiger partial charge < -0.3 is 10.2 Å². The molecule has 2 aliphatic rings. The number of nitrogens with one attached hydrogen (secondary N) is 1. The van der Waals surface area contributed by atoms with Gasteiger partial charge in [0.05, 0.1) is 0 Å². The summed E-state index contributed by atoms with van der Waals surface area (Å²) in [6.45, 7) is 4.58.